The van der Waals surface area contributed by atoms with Gasteiger partial charge >= 0.3 is 0 Å². The number of aromatic hydroxyl groups is 1. The molecule has 2 aliphatic rings. The number of phenols is 1. The highest BCUT2D eigenvalue weighted by Gasteiger charge is 2.33. The van der Waals surface area contributed by atoms with E-state index in [0.717, 1.165) is 31.9 Å². The minimum absolute atomic E-state index is 0.145. The lowest BCUT2D eigenvalue weighted by Crippen LogP contribution is -2.58. The van der Waals surface area contributed by atoms with Crippen molar-refractivity contribution >= 4 is 11.4 Å². The van der Waals surface area contributed by atoms with Crippen LogP contribution >= 0.6 is 0 Å². The van der Waals surface area contributed by atoms with Crippen LogP contribution in [0.15, 0.2) is 18.2 Å². The predicted molar refractivity (Wildman–Crippen MR) is 70.9 cm³/mol. The molecule has 98 valence electrons. The number of nitrogens with zero attached hydrogens (tertiary/aromatic N) is 2. The van der Waals surface area contributed by atoms with Crippen LogP contribution in [0.25, 0.3) is 0 Å². The smallest absolute Gasteiger partial charge is 0.138 e. The maximum absolute atomic E-state index is 9.46. The van der Waals surface area contributed by atoms with E-state index >= 15 is 0 Å². The molecule has 18 heavy (non-hydrogen) atoms. The predicted octanol–water partition coefficient (Wildman–Crippen LogP) is 0.494. The van der Waals surface area contributed by atoms with Crippen molar-refractivity contribution in [1.29, 1.82) is 0 Å². The first-order chi connectivity index (χ1) is 8.61. The number of hydrogen-bond donors (Lipinski definition) is 2. The SMILES string of the molecule is CN1CC2CN(c3ccc(O)c(N)c3)CC(C1)O2. The zero-order valence-electron chi connectivity index (χ0n) is 10.5. The van der Waals surface area contributed by atoms with Crippen molar-refractivity contribution in [3.8, 4) is 5.75 Å². The summed E-state index contributed by atoms with van der Waals surface area (Å²) in [5.74, 6) is 0.145. The number of anilines is 2. The van der Waals surface area contributed by atoms with Crippen LogP contribution in [0, 0.1) is 0 Å². The summed E-state index contributed by atoms with van der Waals surface area (Å²) in [5.41, 5.74) is 7.24. The van der Waals surface area contributed by atoms with Gasteiger partial charge < -0.3 is 25.4 Å². The number of morpholine rings is 2. The van der Waals surface area contributed by atoms with Crippen LogP contribution in [0.1, 0.15) is 0 Å². The largest absolute Gasteiger partial charge is 0.506 e. The number of fused-ring (bicyclic) bond motifs is 2. The van der Waals surface area contributed by atoms with E-state index in [9.17, 15) is 5.11 Å². The van der Waals surface area contributed by atoms with Gasteiger partial charge in [-0.15, -0.1) is 0 Å². The number of rotatable bonds is 1. The fourth-order valence-electron chi connectivity index (χ4n) is 2.85. The Bertz CT molecular complexity index is 434. The minimum atomic E-state index is 0.145. The van der Waals surface area contributed by atoms with Crippen LogP contribution in [0.4, 0.5) is 11.4 Å². The van der Waals surface area contributed by atoms with Gasteiger partial charge in [-0.2, -0.15) is 0 Å². The van der Waals surface area contributed by atoms with Gasteiger partial charge in [-0.3, -0.25) is 0 Å². The standard InChI is InChI=1S/C13H19N3O2/c1-15-5-10-7-16(8-11(6-15)18-10)9-2-3-13(17)12(14)4-9/h2-4,10-11,17H,5-8,14H2,1H3. The van der Waals surface area contributed by atoms with Gasteiger partial charge in [0.25, 0.3) is 0 Å². The van der Waals surface area contributed by atoms with E-state index in [-0.39, 0.29) is 18.0 Å². The quantitative estimate of drug-likeness (QED) is 0.560. The minimum Gasteiger partial charge on any atom is -0.506 e. The molecule has 3 rings (SSSR count). The molecular formula is C13H19N3O2. The van der Waals surface area contributed by atoms with E-state index in [0.29, 0.717) is 5.69 Å². The summed E-state index contributed by atoms with van der Waals surface area (Å²) in [5, 5.41) is 9.46. The molecule has 2 bridgehead atoms. The van der Waals surface area contributed by atoms with Crippen LogP contribution in [0.5, 0.6) is 5.75 Å². The fourth-order valence-corrected chi connectivity index (χ4v) is 2.85. The van der Waals surface area contributed by atoms with Crippen molar-refractivity contribution in [2.75, 3.05) is 43.9 Å². The number of benzene rings is 1. The lowest BCUT2D eigenvalue weighted by atomic mass is 10.1. The molecule has 0 aliphatic carbocycles. The molecule has 2 fully saturated rings. The molecule has 0 radical (unpaired) electrons. The first-order valence-electron chi connectivity index (χ1n) is 6.29. The number of nitrogens with two attached hydrogens (primary N) is 1. The molecule has 1 aromatic carbocycles. The second kappa shape index (κ2) is 4.33. The first kappa shape index (κ1) is 11.6. The summed E-state index contributed by atoms with van der Waals surface area (Å²) in [6.07, 6.45) is 0.523. The molecule has 1 aromatic rings. The van der Waals surface area contributed by atoms with Crippen LogP contribution in [-0.2, 0) is 4.74 Å². The lowest BCUT2D eigenvalue weighted by molar-refractivity contribution is -0.0875. The number of phenolic OH excluding ortho intramolecular Hbond substituents is 1. The Hall–Kier alpha value is -1.46. The Morgan fingerprint density at radius 3 is 2.50 bits per heavy atom. The highest BCUT2D eigenvalue weighted by Crippen LogP contribution is 2.29. The van der Waals surface area contributed by atoms with E-state index in [2.05, 4.69) is 16.8 Å². The molecule has 3 N–H and O–H groups in total. The van der Waals surface area contributed by atoms with Gasteiger partial charge in [-0.1, -0.05) is 0 Å². The first-order valence-corrected chi connectivity index (χ1v) is 6.29. The summed E-state index contributed by atoms with van der Waals surface area (Å²) in [6, 6.07) is 5.40. The number of ether oxygens (including phenoxy) is 1. The third-order valence-corrected chi connectivity index (χ3v) is 3.64. The van der Waals surface area contributed by atoms with Crippen LogP contribution in [-0.4, -0.2) is 55.4 Å². The number of hydrogen-bond acceptors (Lipinski definition) is 5. The van der Waals surface area contributed by atoms with E-state index in [1.54, 1.807) is 6.07 Å². The molecule has 0 saturated carbocycles. The van der Waals surface area contributed by atoms with E-state index < -0.39 is 0 Å². The molecule has 2 atom stereocenters. The summed E-state index contributed by atoms with van der Waals surface area (Å²) in [7, 11) is 2.14. The summed E-state index contributed by atoms with van der Waals surface area (Å²) in [6.45, 7) is 3.71. The second-order valence-corrected chi connectivity index (χ2v) is 5.25. The highest BCUT2D eigenvalue weighted by molar-refractivity contribution is 5.63. The Labute approximate surface area is 107 Å². The van der Waals surface area contributed by atoms with Crippen molar-refractivity contribution in [2.45, 2.75) is 12.2 Å². The Balaban J connectivity index is 1.79. The van der Waals surface area contributed by atoms with E-state index in [1.165, 1.54) is 0 Å². The zero-order chi connectivity index (χ0) is 12.7. The Morgan fingerprint density at radius 2 is 1.89 bits per heavy atom. The topological polar surface area (TPSA) is 62.0 Å². The van der Waals surface area contributed by atoms with E-state index in [4.69, 9.17) is 10.5 Å². The van der Waals surface area contributed by atoms with Crippen molar-refractivity contribution in [3.05, 3.63) is 18.2 Å². The maximum atomic E-state index is 9.46. The molecule has 0 spiro atoms. The number of likely N-dealkylation sites (N-methyl/N-ethyl adjacent to an activating group) is 1. The average molecular weight is 249 g/mol. The van der Waals surface area contributed by atoms with Gasteiger partial charge in [0.15, 0.2) is 0 Å². The van der Waals surface area contributed by atoms with Gasteiger partial charge in [-0.25, -0.2) is 0 Å². The van der Waals surface area contributed by atoms with Crippen molar-refractivity contribution in [3.63, 3.8) is 0 Å². The Kier molecular flexibility index (Phi) is 2.80. The monoisotopic (exact) mass is 249 g/mol. The van der Waals surface area contributed by atoms with E-state index in [1.807, 2.05) is 12.1 Å². The van der Waals surface area contributed by atoms with Crippen molar-refractivity contribution in [2.24, 2.45) is 0 Å². The highest BCUT2D eigenvalue weighted by atomic mass is 16.5. The average Bonchev–Trinajstić information content (AvgIpc) is 2.31. The van der Waals surface area contributed by atoms with Crippen LogP contribution < -0.4 is 10.6 Å². The second-order valence-electron chi connectivity index (χ2n) is 5.25. The van der Waals surface area contributed by atoms with Gasteiger partial charge in [0.2, 0.25) is 0 Å². The van der Waals surface area contributed by atoms with Crippen molar-refractivity contribution in [1.82, 2.24) is 4.90 Å². The number of nitrogen functional groups attached to an aromatic ring is 1. The summed E-state index contributed by atoms with van der Waals surface area (Å²) >= 11 is 0. The van der Waals surface area contributed by atoms with Gasteiger partial charge in [0.1, 0.15) is 5.75 Å². The molecule has 2 aliphatic heterocycles. The summed E-state index contributed by atoms with van der Waals surface area (Å²) < 4.78 is 5.93. The van der Waals surface area contributed by atoms with Gasteiger partial charge in [-0.05, 0) is 25.2 Å². The lowest BCUT2D eigenvalue weighted by Gasteiger charge is -2.45. The molecule has 0 amide bonds. The molecule has 2 saturated heterocycles. The fraction of sp³-hybridized carbons (Fsp3) is 0.538. The molecular weight excluding hydrogens is 230 g/mol. The Morgan fingerprint density at radius 1 is 1.22 bits per heavy atom. The molecule has 0 aromatic heterocycles. The third-order valence-electron chi connectivity index (χ3n) is 3.64. The normalized spacial score (nSPS) is 28.4. The molecule has 2 unspecified atom stereocenters. The third kappa shape index (κ3) is 2.11. The van der Waals surface area contributed by atoms with Gasteiger partial charge in [0.05, 0.1) is 17.9 Å². The zero-order valence-corrected chi connectivity index (χ0v) is 10.5. The molecule has 2 heterocycles. The van der Waals surface area contributed by atoms with Gasteiger partial charge in [0, 0.05) is 31.9 Å². The maximum Gasteiger partial charge on any atom is 0.138 e. The molecule has 5 heteroatoms. The molecule has 5 nitrogen and oxygen atoms in total. The van der Waals surface area contributed by atoms with Crippen LogP contribution in [0.3, 0.4) is 0 Å². The summed E-state index contributed by atoms with van der Waals surface area (Å²) in [4.78, 5) is 4.61. The van der Waals surface area contributed by atoms with Crippen molar-refractivity contribution < 1.29 is 9.84 Å². The van der Waals surface area contributed by atoms with Crippen LogP contribution in [0.2, 0.25) is 0 Å².